The minimum absolute atomic E-state index is 0.0314. The molecule has 0 aromatic carbocycles. The molecule has 19 heavy (non-hydrogen) atoms. The number of ether oxygens (including phenoxy) is 1. The van der Waals surface area contributed by atoms with Gasteiger partial charge in [-0.2, -0.15) is 0 Å². The van der Waals surface area contributed by atoms with Crippen molar-refractivity contribution in [1.29, 1.82) is 0 Å². The Balaban J connectivity index is 1.77. The lowest BCUT2D eigenvalue weighted by Crippen LogP contribution is -2.51. The molecule has 2 aliphatic rings. The minimum atomic E-state index is -0.177. The number of esters is 1. The fourth-order valence-electron chi connectivity index (χ4n) is 2.98. The Bertz CT molecular complexity index is 332. The van der Waals surface area contributed by atoms with Crippen LogP contribution in [0.25, 0.3) is 0 Å². The van der Waals surface area contributed by atoms with Gasteiger partial charge in [-0.05, 0) is 25.7 Å². The third-order valence-corrected chi connectivity index (χ3v) is 4.28. The lowest BCUT2D eigenvalue weighted by atomic mass is 9.95. The molecule has 0 atom stereocenters. The number of hydrogen-bond donors (Lipinski definition) is 1. The van der Waals surface area contributed by atoms with Crippen LogP contribution in [-0.4, -0.2) is 55.2 Å². The Morgan fingerprint density at radius 3 is 1.74 bits per heavy atom. The van der Waals surface area contributed by atoms with E-state index < -0.39 is 0 Å². The lowest BCUT2D eigenvalue weighted by Gasteiger charge is -2.42. The van der Waals surface area contributed by atoms with Crippen molar-refractivity contribution >= 4 is 11.9 Å². The van der Waals surface area contributed by atoms with Crippen molar-refractivity contribution in [3.05, 3.63) is 0 Å². The summed E-state index contributed by atoms with van der Waals surface area (Å²) in [6.45, 7) is 3.55. The minimum Gasteiger partial charge on any atom is -0.469 e. The van der Waals surface area contributed by atoms with Crippen LogP contribution in [0.4, 0.5) is 0 Å². The molecule has 0 aromatic rings. The average Bonchev–Trinajstić information content (AvgIpc) is 2.46. The number of amides is 1. The molecule has 6 heteroatoms. The highest BCUT2D eigenvalue weighted by atomic mass is 16.5. The summed E-state index contributed by atoms with van der Waals surface area (Å²) in [6, 6.07) is 0. The van der Waals surface area contributed by atoms with Gasteiger partial charge in [0.15, 0.2) is 0 Å². The van der Waals surface area contributed by atoms with Gasteiger partial charge >= 0.3 is 5.97 Å². The van der Waals surface area contributed by atoms with E-state index in [4.69, 9.17) is 10.5 Å². The van der Waals surface area contributed by atoms with Crippen LogP contribution < -0.4 is 5.73 Å². The number of hydrogen-bond acceptors (Lipinski definition) is 5. The Hall–Kier alpha value is -1.14. The third-order valence-electron chi connectivity index (χ3n) is 4.28. The van der Waals surface area contributed by atoms with Gasteiger partial charge < -0.3 is 10.5 Å². The van der Waals surface area contributed by atoms with Crippen molar-refractivity contribution in [1.82, 2.24) is 10.0 Å². The summed E-state index contributed by atoms with van der Waals surface area (Å²) in [6.07, 6.45) is 3.38. The maximum absolute atomic E-state index is 11.5. The van der Waals surface area contributed by atoms with Gasteiger partial charge in [0.1, 0.15) is 0 Å². The highest BCUT2D eigenvalue weighted by Gasteiger charge is 2.31. The molecule has 0 spiro atoms. The monoisotopic (exact) mass is 269 g/mol. The summed E-state index contributed by atoms with van der Waals surface area (Å²) in [5, 5.41) is 4.60. The molecule has 6 nitrogen and oxygen atoms in total. The van der Waals surface area contributed by atoms with E-state index >= 15 is 0 Å². The number of nitrogens with zero attached hydrogens (tertiary/aromatic N) is 2. The van der Waals surface area contributed by atoms with Gasteiger partial charge in [-0.25, -0.2) is 10.0 Å². The first-order valence-corrected chi connectivity index (χ1v) is 6.98. The van der Waals surface area contributed by atoms with E-state index in [1.165, 1.54) is 7.11 Å². The summed E-state index contributed by atoms with van der Waals surface area (Å²) in [5.41, 5.74) is 5.34. The molecule has 0 bridgehead atoms. The van der Waals surface area contributed by atoms with Crippen molar-refractivity contribution in [3.8, 4) is 0 Å². The van der Waals surface area contributed by atoms with Crippen LogP contribution in [0, 0.1) is 11.8 Å². The van der Waals surface area contributed by atoms with Crippen molar-refractivity contribution < 1.29 is 14.3 Å². The van der Waals surface area contributed by atoms with E-state index in [1.807, 2.05) is 0 Å². The van der Waals surface area contributed by atoms with Crippen molar-refractivity contribution in [3.63, 3.8) is 0 Å². The molecular weight excluding hydrogens is 246 g/mol. The Labute approximate surface area is 113 Å². The van der Waals surface area contributed by atoms with Gasteiger partial charge in [0, 0.05) is 32.1 Å². The maximum atomic E-state index is 11.5. The topological polar surface area (TPSA) is 75.9 Å². The summed E-state index contributed by atoms with van der Waals surface area (Å²) in [7, 11) is 1.45. The van der Waals surface area contributed by atoms with E-state index in [1.54, 1.807) is 0 Å². The van der Waals surface area contributed by atoms with E-state index in [-0.39, 0.29) is 23.7 Å². The highest BCUT2D eigenvalue weighted by molar-refractivity contribution is 5.76. The van der Waals surface area contributed by atoms with E-state index in [0.29, 0.717) is 0 Å². The molecule has 2 rings (SSSR count). The van der Waals surface area contributed by atoms with E-state index in [9.17, 15) is 9.59 Å². The van der Waals surface area contributed by atoms with Crippen LogP contribution in [0.3, 0.4) is 0 Å². The van der Waals surface area contributed by atoms with Crippen LogP contribution >= 0.6 is 0 Å². The smallest absolute Gasteiger partial charge is 0.308 e. The number of methoxy groups -OCH3 is 1. The molecule has 2 fully saturated rings. The first kappa shape index (κ1) is 14.3. The maximum Gasteiger partial charge on any atom is 0.308 e. The Morgan fingerprint density at radius 1 is 0.947 bits per heavy atom. The summed E-state index contributed by atoms with van der Waals surface area (Å²) < 4.78 is 4.79. The molecule has 0 aliphatic carbocycles. The second-order valence-corrected chi connectivity index (χ2v) is 5.38. The van der Waals surface area contributed by atoms with E-state index in [2.05, 4.69) is 10.0 Å². The number of rotatable bonds is 3. The first-order chi connectivity index (χ1) is 9.11. The SMILES string of the molecule is COC(=O)C1CCN(N2CCC(C(N)=O)CC2)CC1. The van der Waals surface area contributed by atoms with Crippen LogP contribution in [0.2, 0.25) is 0 Å². The zero-order valence-corrected chi connectivity index (χ0v) is 11.5. The predicted molar refractivity (Wildman–Crippen MR) is 69.8 cm³/mol. The number of carbonyl (C=O) groups excluding carboxylic acids is 2. The number of nitrogens with two attached hydrogens (primary N) is 1. The molecule has 2 N–H and O–H groups in total. The fraction of sp³-hybridized carbons (Fsp3) is 0.846. The van der Waals surface area contributed by atoms with Crippen LogP contribution in [0.1, 0.15) is 25.7 Å². The number of carbonyl (C=O) groups is 2. The lowest BCUT2D eigenvalue weighted by molar-refractivity contribution is -0.150. The first-order valence-electron chi connectivity index (χ1n) is 6.98. The van der Waals surface area contributed by atoms with Gasteiger partial charge in [-0.15, -0.1) is 0 Å². The molecule has 0 aromatic heterocycles. The molecule has 0 radical (unpaired) electrons. The average molecular weight is 269 g/mol. The van der Waals surface area contributed by atoms with Gasteiger partial charge in [-0.3, -0.25) is 9.59 Å². The molecule has 2 heterocycles. The second kappa shape index (κ2) is 6.34. The molecule has 108 valence electrons. The molecule has 2 aliphatic heterocycles. The molecule has 0 saturated carbocycles. The summed E-state index contributed by atoms with van der Waals surface area (Å²) in [5.74, 6) is -0.190. The van der Waals surface area contributed by atoms with Crippen LogP contribution in [-0.2, 0) is 14.3 Å². The van der Waals surface area contributed by atoms with Gasteiger partial charge in [0.2, 0.25) is 5.91 Å². The van der Waals surface area contributed by atoms with Crippen LogP contribution in [0.5, 0.6) is 0 Å². The molecule has 1 amide bonds. The van der Waals surface area contributed by atoms with Gasteiger partial charge in [0.25, 0.3) is 0 Å². The van der Waals surface area contributed by atoms with Gasteiger partial charge in [-0.1, -0.05) is 0 Å². The van der Waals surface area contributed by atoms with Crippen molar-refractivity contribution in [2.45, 2.75) is 25.7 Å². The molecule has 0 unspecified atom stereocenters. The molecule has 2 saturated heterocycles. The predicted octanol–water partition coefficient (Wildman–Crippen LogP) is -0.0163. The molecular formula is C13H23N3O3. The largest absolute Gasteiger partial charge is 0.469 e. The normalized spacial score (nSPS) is 24.3. The standard InChI is InChI=1S/C13H23N3O3/c1-19-13(18)11-4-8-16(9-5-11)15-6-2-10(3-7-15)12(14)17/h10-11H,2-9H2,1H3,(H2,14,17). The third kappa shape index (κ3) is 3.45. The van der Waals surface area contributed by atoms with Crippen molar-refractivity contribution in [2.75, 3.05) is 33.3 Å². The van der Waals surface area contributed by atoms with Gasteiger partial charge in [0.05, 0.1) is 13.0 Å². The Kier molecular flexibility index (Phi) is 4.76. The second-order valence-electron chi connectivity index (χ2n) is 5.38. The number of piperidine rings is 2. The zero-order valence-electron chi connectivity index (χ0n) is 11.5. The Morgan fingerprint density at radius 2 is 1.37 bits per heavy atom. The number of primary amides is 1. The van der Waals surface area contributed by atoms with Crippen molar-refractivity contribution in [2.24, 2.45) is 17.6 Å². The fourth-order valence-corrected chi connectivity index (χ4v) is 2.98. The number of hydrazine groups is 1. The van der Waals surface area contributed by atoms with Crippen LogP contribution in [0.15, 0.2) is 0 Å². The zero-order chi connectivity index (χ0) is 13.8. The summed E-state index contributed by atoms with van der Waals surface area (Å²) >= 11 is 0. The quantitative estimate of drug-likeness (QED) is 0.729. The summed E-state index contributed by atoms with van der Waals surface area (Å²) in [4.78, 5) is 22.6. The highest BCUT2D eigenvalue weighted by Crippen LogP contribution is 2.23. The van der Waals surface area contributed by atoms with E-state index in [0.717, 1.165) is 51.9 Å².